The highest BCUT2D eigenvalue weighted by atomic mass is 35.5. The van der Waals surface area contributed by atoms with Crippen LogP contribution >= 0.6 is 11.6 Å². The molecule has 1 aromatic heterocycles. The number of nitrogens with zero attached hydrogens (tertiary/aromatic N) is 3. The van der Waals surface area contributed by atoms with E-state index in [1.807, 2.05) is 4.90 Å². The Hall–Kier alpha value is -2.87. The van der Waals surface area contributed by atoms with Crippen LogP contribution in [-0.4, -0.2) is 61.8 Å². The third-order valence-electron chi connectivity index (χ3n) is 4.60. The molecular formula is C19H21ClFN5O2. The fraction of sp³-hybridized carbons (Fsp3) is 0.316. The highest BCUT2D eigenvalue weighted by Gasteiger charge is 2.24. The summed E-state index contributed by atoms with van der Waals surface area (Å²) >= 11 is 5.95. The number of halogens is 2. The van der Waals surface area contributed by atoms with Crippen molar-refractivity contribution in [2.75, 3.05) is 50.1 Å². The highest BCUT2D eigenvalue weighted by Crippen LogP contribution is 2.32. The van der Waals surface area contributed by atoms with Gasteiger partial charge in [0.05, 0.1) is 24.4 Å². The Labute approximate surface area is 167 Å². The molecule has 1 aliphatic heterocycles. The molecule has 1 saturated heterocycles. The number of piperazine rings is 1. The van der Waals surface area contributed by atoms with E-state index < -0.39 is 5.82 Å². The van der Waals surface area contributed by atoms with Crippen LogP contribution in [0.3, 0.4) is 0 Å². The van der Waals surface area contributed by atoms with Gasteiger partial charge in [-0.3, -0.25) is 4.79 Å². The summed E-state index contributed by atoms with van der Waals surface area (Å²) in [7, 11) is 1.48. The van der Waals surface area contributed by atoms with E-state index >= 15 is 0 Å². The molecule has 28 heavy (non-hydrogen) atoms. The van der Waals surface area contributed by atoms with Crippen LogP contribution in [0, 0.1) is 11.2 Å². The second-order valence-corrected chi connectivity index (χ2v) is 6.65. The predicted molar refractivity (Wildman–Crippen MR) is 107 cm³/mol. The van der Waals surface area contributed by atoms with E-state index in [1.54, 1.807) is 29.3 Å². The van der Waals surface area contributed by atoms with Crippen LogP contribution in [-0.2, 0) is 4.79 Å². The molecule has 0 saturated carbocycles. The molecule has 0 bridgehead atoms. The van der Waals surface area contributed by atoms with Crippen molar-refractivity contribution in [2.45, 2.75) is 0 Å². The number of hydrogen-bond donors (Lipinski definition) is 2. The Balaban J connectivity index is 1.58. The van der Waals surface area contributed by atoms with Crippen LogP contribution in [0.5, 0.6) is 5.75 Å². The monoisotopic (exact) mass is 405 g/mol. The van der Waals surface area contributed by atoms with Crippen LogP contribution in [0.2, 0.25) is 5.02 Å². The Kier molecular flexibility index (Phi) is 6.30. The van der Waals surface area contributed by atoms with Crippen molar-refractivity contribution in [3.8, 4) is 5.75 Å². The smallest absolute Gasteiger partial charge is 0.242 e. The highest BCUT2D eigenvalue weighted by molar-refractivity contribution is 6.32. The van der Waals surface area contributed by atoms with E-state index in [0.29, 0.717) is 49.0 Å². The first kappa shape index (κ1) is 19.9. The molecule has 1 aromatic carbocycles. The summed E-state index contributed by atoms with van der Waals surface area (Å²) in [5.41, 5.74) is 1.03. The quantitative estimate of drug-likeness (QED) is 0.722. The molecule has 1 fully saturated rings. The van der Waals surface area contributed by atoms with Gasteiger partial charge in [-0.2, -0.15) is 0 Å². The van der Waals surface area contributed by atoms with Gasteiger partial charge in [0.2, 0.25) is 5.91 Å². The molecule has 3 rings (SSSR count). The normalized spacial score (nSPS) is 14.0. The molecule has 2 aromatic rings. The topological polar surface area (TPSA) is 81.6 Å². The lowest BCUT2D eigenvalue weighted by molar-refractivity contribution is -0.129. The Morgan fingerprint density at radius 3 is 2.82 bits per heavy atom. The molecule has 0 spiro atoms. The first-order valence-electron chi connectivity index (χ1n) is 8.78. The van der Waals surface area contributed by atoms with Gasteiger partial charge in [-0.05, 0) is 18.2 Å². The first-order valence-corrected chi connectivity index (χ1v) is 9.16. The van der Waals surface area contributed by atoms with Crippen LogP contribution < -0.4 is 15.0 Å². The van der Waals surface area contributed by atoms with E-state index in [2.05, 4.69) is 10.3 Å². The molecule has 148 valence electrons. The standard InChI is InChI=1S/C19H21ClFN5O2/c1-28-17-10-16(15(21)9-14(17)20)25-5-7-26(8-6-25)18(27)12-24-19-13(11-22)3-2-4-23-19/h2-4,9-11,22H,5-8,12H2,1H3,(H,23,24). The van der Waals surface area contributed by atoms with Gasteiger partial charge < -0.3 is 25.3 Å². The molecule has 2 N–H and O–H groups in total. The average molecular weight is 406 g/mol. The maximum Gasteiger partial charge on any atom is 0.242 e. The minimum atomic E-state index is -0.415. The van der Waals surface area contributed by atoms with Crippen molar-refractivity contribution < 1.29 is 13.9 Å². The molecule has 9 heteroatoms. The third-order valence-corrected chi connectivity index (χ3v) is 4.89. The summed E-state index contributed by atoms with van der Waals surface area (Å²) in [5, 5.41) is 10.6. The Bertz CT molecular complexity index is 871. The summed E-state index contributed by atoms with van der Waals surface area (Å²) in [4.78, 5) is 20.2. The minimum Gasteiger partial charge on any atom is -0.495 e. The van der Waals surface area contributed by atoms with E-state index in [4.69, 9.17) is 21.7 Å². The number of nitrogens with one attached hydrogen (secondary N) is 2. The first-order chi connectivity index (χ1) is 13.5. The van der Waals surface area contributed by atoms with Gasteiger partial charge in [-0.1, -0.05) is 11.6 Å². The van der Waals surface area contributed by atoms with Crippen LogP contribution in [0.1, 0.15) is 5.56 Å². The number of methoxy groups -OCH3 is 1. The lowest BCUT2D eigenvalue weighted by Crippen LogP contribution is -2.50. The molecule has 7 nitrogen and oxygen atoms in total. The van der Waals surface area contributed by atoms with Gasteiger partial charge in [0.1, 0.15) is 17.4 Å². The van der Waals surface area contributed by atoms with Crippen LogP contribution in [0.15, 0.2) is 30.5 Å². The zero-order valence-corrected chi connectivity index (χ0v) is 16.2. The molecule has 0 atom stereocenters. The van der Waals surface area contributed by atoms with Crippen LogP contribution in [0.25, 0.3) is 0 Å². The van der Waals surface area contributed by atoms with Crippen molar-refractivity contribution in [1.29, 1.82) is 5.41 Å². The number of benzene rings is 1. The number of amides is 1. The van der Waals surface area contributed by atoms with Gasteiger partial charge >= 0.3 is 0 Å². The maximum absolute atomic E-state index is 14.3. The summed E-state index contributed by atoms with van der Waals surface area (Å²) in [6.07, 6.45) is 2.79. The number of carbonyl (C=O) groups is 1. The van der Waals surface area contributed by atoms with Gasteiger partial charge in [-0.15, -0.1) is 0 Å². The second kappa shape index (κ2) is 8.88. The summed E-state index contributed by atoms with van der Waals surface area (Å²) in [5.74, 6) is 0.426. The zero-order chi connectivity index (χ0) is 20.1. The number of aromatic nitrogens is 1. The van der Waals surface area contributed by atoms with E-state index in [0.717, 1.165) is 0 Å². The third kappa shape index (κ3) is 4.33. The number of ether oxygens (including phenoxy) is 1. The fourth-order valence-electron chi connectivity index (χ4n) is 3.07. The number of anilines is 2. The van der Waals surface area contributed by atoms with Gasteiger partial charge in [0.15, 0.2) is 0 Å². The Morgan fingerprint density at radius 2 is 2.14 bits per heavy atom. The largest absolute Gasteiger partial charge is 0.495 e. The van der Waals surface area contributed by atoms with E-state index in [1.165, 1.54) is 19.4 Å². The fourth-order valence-corrected chi connectivity index (χ4v) is 3.29. The van der Waals surface area contributed by atoms with Crippen LogP contribution in [0.4, 0.5) is 15.9 Å². The maximum atomic E-state index is 14.3. The number of carbonyl (C=O) groups excluding carboxylic acids is 1. The lowest BCUT2D eigenvalue weighted by Gasteiger charge is -2.36. The minimum absolute atomic E-state index is 0.0737. The van der Waals surface area contributed by atoms with E-state index in [9.17, 15) is 9.18 Å². The lowest BCUT2D eigenvalue weighted by atomic mass is 10.2. The summed E-state index contributed by atoms with van der Waals surface area (Å²) in [6.45, 7) is 2.04. The van der Waals surface area contributed by atoms with E-state index in [-0.39, 0.29) is 17.5 Å². The predicted octanol–water partition coefficient (Wildman–Crippen LogP) is 2.64. The SMILES string of the molecule is COc1cc(N2CCN(C(=O)CNc3ncccc3C=N)CC2)c(F)cc1Cl. The number of pyridine rings is 1. The molecule has 1 amide bonds. The molecule has 0 aliphatic carbocycles. The van der Waals surface area contributed by atoms with Gasteiger partial charge in [0, 0.05) is 50.2 Å². The number of rotatable bonds is 6. The van der Waals surface area contributed by atoms with Crippen molar-refractivity contribution in [2.24, 2.45) is 0 Å². The Morgan fingerprint density at radius 1 is 1.39 bits per heavy atom. The molecule has 0 radical (unpaired) electrons. The zero-order valence-electron chi connectivity index (χ0n) is 15.4. The molecular weight excluding hydrogens is 385 g/mol. The van der Waals surface area contributed by atoms with Crippen molar-refractivity contribution in [3.05, 3.63) is 46.9 Å². The summed E-state index contributed by atoms with van der Waals surface area (Å²) < 4.78 is 19.5. The average Bonchev–Trinajstić information content (AvgIpc) is 2.72. The molecule has 1 aliphatic rings. The van der Waals surface area contributed by atoms with Crippen molar-refractivity contribution >= 4 is 35.2 Å². The van der Waals surface area contributed by atoms with Crippen molar-refractivity contribution in [1.82, 2.24) is 9.88 Å². The van der Waals surface area contributed by atoms with Crippen molar-refractivity contribution in [3.63, 3.8) is 0 Å². The molecule has 2 heterocycles. The second-order valence-electron chi connectivity index (χ2n) is 6.25. The summed E-state index contributed by atoms with van der Waals surface area (Å²) in [6, 6.07) is 6.31. The number of hydrogen-bond acceptors (Lipinski definition) is 6. The van der Waals surface area contributed by atoms with Gasteiger partial charge in [0.25, 0.3) is 0 Å². The van der Waals surface area contributed by atoms with Gasteiger partial charge in [-0.25, -0.2) is 9.37 Å². The molecule has 0 unspecified atom stereocenters.